The number of thiocarbonyl (C=S) groups is 1. The Balaban J connectivity index is 2.39. The number of rotatable bonds is 4. The molecule has 1 aromatic heterocycles. The van der Waals surface area contributed by atoms with E-state index in [4.69, 9.17) is 29.6 Å². The van der Waals surface area contributed by atoms with E-state index in [-0.39, 0.29) is 9.20 Å². The summed E-state index contributed by atoms with van der Waals surface area (Å²) in [6.07, 6.45) is 0. The molecule has 1 heterocycles. The molecule has 0 atom stereocenters. The van der Waals surface area contributed by atoms with Gasteiger partial charge in [-0.2, -0.15) is 0 Å². The molecule has 0 saturated heterocycles. The number of hydrogen-bond donors (Lipinski definition) is 2. The number of nitrogens with two attached hydrogens (primary N) is 1. The Morgan fingerprint density at radius 1 is 1.26 bits per heavy atom. The molecule has 0 radical (unpaired) electrons. The SMILES string of the molecule is NC(=S)c1ccccc1NS(=O)(=O)c1ccc(Cl)s1. The van der Waals surface area contributed by atoms with Crippen LogP contribution in [-0.2, 0) is 10.0 Å². The zero-order valence-electron chi connectivity index (χ0n) is 9.46. The van der Waals surface area contributed by atoms with Crippen molar-refractivity contribution in [2.24, 2.45) is 5.73 Å². The molecule has 4 nitrogen and oxygen atoms in total. The third kappa shape index (κ3) is 3.24. The first-order valence-electron chi connectivity index (χ1n) is 5.07. The molecule has 19 heavy (non-hydrogen) atoms. The summed E-state index contributed by atoms with van der Waals surface area (Å²) in [7, 11) is -3.68. The second kappa shape index (κ2) is 5.46. The maximum Gasteiger partial charge on any atom is 0.271 e. The van der Waals surface area contributed by atoms with Gasteiger partial charge in [0.1, 0.15) is 9.20 Å². The van der Waals surface area contributed by atoms with Crippen molar-refractivity contribution in [2.75, 3.05) is 4.72 Å². The predicted octanol–water partition coefficient (Wildman–Crippen LogP) is 2.84. The largest absolute Gasteiger partial charge is 0.389 e. The quantitative estimate of drug-likeness (QED) is 0.844. The van der Waals surface area contributed by atoms with Gasteiger partial charge in [0.25, 0.3) is 10.0 Å². The number of thiophene rings is 1. The van der Waals surface area contributed by atoms with Crippen LogP contribution in [0.15, 0.2) is 40.6 Å². The second-order valence-electron chi connectivity index (χ2n) is 3.57. The lowest BCUT2D eigenvalue weighted by molar-refractivity contribution is 0.603. The minimum atomic E-state index is -3.68. The van der Waals surface area contributed by atoms with Gasteiger partial charge in [-0.3, -0.25) is 4.72 Å². The Kier molecular flexibility index (Phi) is 4.10. The van der Waals surface area contributed by atoms with Crippen molar-refractivity contribution in [1.29, 1.82) is 0 Å². The molecule has 0 saturated carbocycles. The fourth-order valence-electron chi connectivity index (χ4n) is 1.42. The molecule has 0 unspecified atom stereocenters. The molecule has 0 bridgehead atoms. The number of anilines is 1. The Labute approximate surface area is 125 Å². The van der Waals surface area contributed by atoms with E-state index in [9.17, 15) is 8.42 Å². The average molecular weight is 333 g/mol. The summed E-state index contributed by atoms with van der Waals surface area (Å²) in [6.45, 7) is 0. The lowest BCUT2D eigenvalue weighted by Gasteiger charge is -2.10. The summed E-state index contributed by atoms with van der Waals surface area (Å²) in [4.78, 5) is 0.127. The Morgan fingerprint density at radius 3 is 2.53 bits per heavy atom. The highest BCUT2D eigenvalue weighted by Gasteiger charge is 2.18. The van der Waals surface area contributed by atoms with E-state index in [0.717, 1.165) is 11.3 Å². The van der Waals surface area contributed by atoms with E-state index in [2.05, 4.69) is 4.72 Å². The van der Waals surface area contributed by atoms with Crippen molar-refractivity contribution in [3.8, 4) is 0 Å². The van der Waals surface area contributed by atoms with Crippen LogP contribution in [0.1, 0.15) is 5.56 Å². The van der Waals surface area contributed by atoms with Crippen LogP contribution in [0.3, 0.4) is 0 Å². The van der Waals surface area contributed by atoms with Gasteiger partial charge in [0.2, 0.25) is 0 Å². The van der Waals surface area contributed by atoms with Gasteiger partial charge in [-0.25, -0.2) is 8.42 Å². The molecule has 1 aromatic carbocycles. The van der Waals surface area contributed by atoms with Crippen LogP contribution in [0.25, 0.3) is 0 Å². The first kappa shape index (κ1) is 14.3. The van der Waals surface area contributed by atoms with Crippen molar-refractivity contribution in [3.63, 3.8) is 0 Å². The summed E-state index contributed by atoms with van der Waals surface area (Å²) in [5.41, 5.74) is 6.38. The normalized spacial score (nSPS) is 11.2. The van der Waals surface area contributed by atoms with Gasteiger partial charge in [0.15, 0.2) is 0 Å². The molecule has 0 aliphatic heterocycles. The lowest BCUT2D eigenvalue weighted by Crippen LogP contribution is -2.17. The number of benzene rings is 1. The van der Waals surface area contributed by atoms with E-state index in [1.807, 2.05) is 0 Å². The van der Waals surface area contributed by atoms with Gasteiger partial charge in [-0.15, -0.1) is 11.3 Å². The number of nitrogens with one attached hydrogen (secondary N) is 1. The second-order valence-corrected chi connectivity index (χ2v) is 7.64. The van der Waals surface area contributed by atoms with E-state index in [1.165, 1.54) is 12.1 Å². The molecule has 8 heteroatoms. The zero-order chi connectivity index (χ0) is 14.0. The summed E-state index contributed by atoms with van der Waals surface area (Å²) in [6, 6.07) is 9.65. The lowest BCUT2D eigenvalue weighted by atomic mass is 10.2. The van der Waals surface area contributed by atoms with E-state index >= 15 is 0 Å². The van der Waals surface area contributed by atoms with Crippen molar-refractivity contribution in [2.45, 2.75) is 4.21 Å². The predicted molar refractivity (Wildman–Crippen MR) is 82.5 cm³/mol. The highest BCUT2D eigenvalue weighted by atomic mass is 35.5. The molecular weight excluding hydrogens is 324 g/mol. The third-order valence-electron chi connectivity index (χ3n) is 2.25. The van der Waals surface area contributed by atoms with E-state index < -0.39 is 10.0 Å². The summed E-state index contributed by atoms with van der Waals surface area (Å²) < 4.78 is 27.3. The van der Waals surface area contributed by atoms with Crippen molar-refractivity contribution in [1.82, 2.24) is 0 Å². The van der Waals surface area contributed by atoms with Gasteiger partial charge in [0.05, 0.1) is 10.0 Å². The Bertz CT molecular complexity index is 725. The number of hydrogen-bond acceptors (Lipinski definition) is 4. The molecule has 100 valence electrons. The first-order valence-corrected chi connectivity index (χ1v) is 8.16. The molecule has 0 spiro atoms. The standard InChI is InChI=1S/C11H9ClN2O2S3/c12-9-5-6-10(18-9)19(15,16)14-8-4-2-1-3-7(8)11(13)17/h1-6,14H,(H2,13,17). The molecule has 2 rings (SSSR count). The van der Waals surface area contributed by atoms with Crippen molar-refractivity contribution >= 4 is 55.9 Å². The molecule has 0 amide bonds. The van der Waals surface area contributed by atoms with Crippen molar-refractivity contribution < 1.29 is 8.42 Å². The van der Waals surface area contributed by atoms with Gasteiger partial charge in [0, 0.05) is 5.56 Å². The molecule has 0 aliphatic carbocycles. The van der Waals surface area contributed by atoms with Crippen LogP contribution in [0.4, 0.5) is 5.69 Å². The van der Waals surface area contributed by atoms with Gasteiger partial charge < -0.3 is 5.73 Å². The maximum atomic E-state index is 12.1. The fraction of sp³-hybridized carbons (Fsp3) is 0. The summed E-state index contributed by atoms with van der Waals surface area (Å²) in [5.74, 6) is 0. The van der Waals surface area contributed by atoms with Crippen LogP contribution in [0, 0.1) is 0 Å². The minimum absolute atomic E-state index is 0.127. The van der Waals surface area contributed by atoms with Crippen LogP contribution in [0.2, 0.25) is 4.34 Å². The smallest absolute Gasteiger partial charge is 0.271 e. The summed E-state index contributed by atoms with van der Waals surface area (Å²) in [5, 5.41) is 0. The Hall–Kier alpha value is -1.15. The van der Waals surface area contributed by atoms with Crippen molar-refractivity contribution in [3.05, 3.63) is 46.3 Å². The van der Waals surface area contributed by atoms with Crippen LogP contribution in [0.5, 0.6) is 0 Å². The highest BCUT2D eigenvalue weighted by Crippen LogP contribution is 2.28. The summed E-state index contributed by atoms with van der Waals surface area (Å²) >= 11 is 11.6. The number of para-hydroxylation sites is 1. The third-order valence-corrected chi connectivity index (χ3v) is 5.56. The highest BCUT2D eigenvalue weighted by molar-refractivity contribution is 7.94. The maximum absolute atomic E-state index is 12.1. The first-order chi connectivity index (χ1) is 8.90. The monoisotopic (exact) mass is 332 g/mol. The molecule has 2 aromatic rings. The van der Waals surface area contributed by atoms with Gasteiger partial charge in [-0.05, 0) is 24.3 Å². The minimum Gasteiger partial charge on any atom is -0.389 e. The van der Waals surface area contributed by atoms with E-state index in [0.29, 0.717) is 15.6 Å². The van der Waals surface area contributed by atoms with E-state index in [1.54, 1.807) is 24.3 Å². The topological polar surface area (TPSA) is 72.2 Å². The van der Waals surface area contributed by atoms with Gasteiger partial charge >= 0.3 is 0 Å². The molecule has 0 fully saturated rings. The Morgan fingerprint density at radius 2 is 1.95 bits per heavy atom. The number of sulfonamides is 1. The van der Waals surface area contributed by atoms with Gasteiger partial charge in [-0.1, -0.05) is 36.0 Å². The molecular formula is C11H9ClN2O2S3. The van der Waals surface area contributed by atoms with Crippen LogP contribution >= 0.6 is 35.2 Å². The average Bonchev–Trinajstić information content (AvgIpc) is 2.76. The molecule has 0 aliphatic rings. The van der Waals surface area contributed by atoms with Crippen LogP contribution in [-0.4, -0.2) is 13.4 Å². The number of halogens is 1. The zero-order valence-corrected chi connectivity index (χ0v) is 12.7. The van der Waals surface area contributed by atoms with Crippen LogP contribution < -0.4 is 10.5 Å². The fourth-order valence-corrected chi connectivity index (χ4v) is 4.16. The molecule has 3 N–H and O–H groups in total.